The molecule has 1 aliphatic heterocycles. The topological polar surface area (TPSA) is 40.9 Å². The summed E-state index contributed by atoms with van der Waals surface area (Å²) in [6.45, 7) is 0. The van der Waals surface area contributed by atoms with Gasteiger partial charge in [0.25, 0.3) is 0 Å². The molecule has 1 atom stereocenters. The molecule has 1 aromatic carbocycles. The number of fused-ring (bicyclic) bond motifs is 3. The van der Waals surface area contributed by atoms with E-state index in [1.54, 1.807) is 16.9 Å². The highest BCUT2D eigenvalue weighted by Crippen LogP contribution is 2.38. The van der Waals surface area contributed by atoms with Gasteiger partial charge >= 0.3 is 0 Å². The molecule has 3 rings (SSSR count). The molecule has 0 bridgehead atoms. The Morgan fingerprint density at radius 3 is 3.12 bits per heavy atom. The minimum Gasteiger partial charge on any atom is -0.611 e. The van der Waals surface area contributed by atoms with Gasteiger partial charge in [0.2, 0.25) is 0 Å². The van der Waals surface area contributed by atoms with Crippen LogP contribution in [0.1, 0.15) is 5.56 Å². The fourth-order valence-corrected chi connectivity index (χ4v) is 3.48. The van der Waals surface area contributed by atoms with Gasteiger partial charge in [-0.25, -0.2) is 0 Å². The summed E-state index contributed by atoms with van der Waals surface area (Å²) < 4.78 is 13.8. The number of nitrogens with zero attached hydrogens (tertiary/aromatic N) is 2. The Labute approximate surface area is 101 Å². The van der Waals surface area contributed by atoms with E-state index in [4.69, 9.17) is 11.6 Å². The van der Waals surface area contributed by atoms with Crippen LogP contribution in [0, 0.1) is 0 Å². The van der Waals surface area contributed by atoms with Gasteiger partial charge in [-0.1, -0.05) is 11.6 Å². The van der Waals surface area contributed by atoms with E-state index in [0.717, 1.165) is 21.7 Å². The lowest BCUT2D eigenvalue weighted by molar-refractivity contribution is 0.593. The molecule has 1 aliphatic rings. The van der Waals surface area contributed by atoms with Crippen molar-refractivity contribution in [3.63, 3.8) is 0 Å². The molecule has 82 valence electrons. The summed E-state index contributed by atoms with van der Waals surface area (Å²) in [5.74, 6) is 0.539. The quantitative estimate of drug-likeness (QED) is 0.676. The van der Waals surface area contributed by atoms with Crippen molar-refractivity contribution >= 4 is 22.8 Å². The number of halogens is 1. The molecule has 0 saturated heterocycles. The molecule has 0 saturated carbocycles. The molecule has 1 unspecified atom stereocenters. The lowest BCUT2D eigenvalue weighted by Crippen LogP contribution is -2.13. The summed E-state index contributed by atoms with van der Waals surface area (Å²) in [6, 6.07) is 5.47. The van der Waals surface area contributed by atoms with E-state index in [2.05, 4.69) is 5.10 Å². The zero-order valence-corrected chi connectivity index (χ0v) is 10.2. The van der Waals surface area contributed by atoms with Crippen LogP contribution in [0.3, 0.4) is 0 Å². The highest BCUT2D eigenvalue weighted by Gasteiger charge is 2.29. The van der Waals surface area contributed by atoms with Gasteiger partial charge in [-0.05, 0) is 29.4 Å². The third kappa shape index (κ3) is 1.38. The molecule has 0 N–H and O–H groups in total. The summed E-state index contributed by atoms with van der Waals surface area (Å²) in [7, 11) is 1.89. The predicted molar refractivity (Wildman–Crippen MR) is 63.8 cm³/mol. The van der Waals surface area contributed by atoms with Gasteiger partial charge in [-0.2, -0.15) is 5.10 Å². The number of aryl methyl sites for hydroxylation is 1. The molecule has 0 aliphatic carbocycles. The fraction of sp³-hybridized carbons (Fsp3) is 0.182. The first-order chi connectivity index (χ1) is 7.66. The lowest BCUT2D eigenvalue weighted by atomic mass is 10.1. The number of hydrogen-bond acceptors (Lipinski definition) is 2. The predicted octanol–water partition coefficient (Wildman–Crippen LogP) is 2.36. The Balaban J connectivity index is 2.33. The van der Waals surface area contributed by atoms with Crippen molar-refractivity contribution in [2.45, 2.75) is 10.6 Å². The van der Waals surface area contributed by atoms with Crippen molar-refractivity contribution < 1.29 is 4.55 Å². The highest BCUT2D eigenvalue weighted by atomic mass is 35.5. The molecule has 2 heterocycles. The van der Waals surface area contributed by atoms with Crippen molar-refractivity contribution in [1.82, 2.24) is 9.78 Å². The van der Waals surface area contributed by atoms with Crippen molar-refractivity contribution in [2.24, 2.45) is 7.05 Å². The van der Waals surface area contributed by atoms with Gasteiger partial charge in [0.1, 0.15) is 5.75 Å². The average molecular weight is 253 g/mol. The molecule has 0 spiro atoms. The zero-order chi connectivity index (χ0) is 11.3. The van der Waals surface area contributed by atoms with E-state index >= 15 is 0 Å². The Hall–Kier alpha value is -0.970. The van der Waals surface area contributed by atoms with E-state index < -0.39 is 11.2 Å². The van der Waals surface area contributed by atoms with Gasteiger partial charge in [0, 0.05) is 17.6 Å². The fourth-order valence-electron chi connectivity index (χ4n) is 2.04. The van der Waals surface area contributed by atoms with Crippen molar-refractivity contribution in [1.29, 1.82) is 0 Å². The Bertz CT molecular complexity index is 567. The van der Waals surface area contributed by atoms with Gasteiger partial charge in [0.15, 0.2) is 4.90 Å². The summed E-state index contributed by atoms with van der Waals surface area (Å²) in [5, 5.41) is 4.86. The lowest BCUT2D eigenvalue weighted by Gasteiger charge is -2.20. The van der Waals surface area contributed by atoms with Gasteiger partial charge in [-0.15, -0.1) is 0 Å². The van der Waals surface area contributed by atoms with Crippen LogP contribution < -0.4 is 0 Å². The molecule has 2 aromatic rings. The molecule has 0 radical (unpaired) electrons. The van der Waals surface area contributed by atoms with Crippen molar-refractivity contribution in [3.05, 3.63) is 35.0 Å². The second-order valence-corrected chi connectivity index (χ2v) is 5.63. The second-order valence-electron chi connectivity index (χ2n) is 3.77. The normalized spacial score (nSPS) is 18.1. The van der Waals surface area contributed by atoms with Crippen LogP contribution in [0.15, 0.2) is 29.3 Å². The van der Waals surface area contributed by atoms with Gasteiger partial charge in [-0.3, -0.25) is 4.68 Å². The molecule has 5 heteroatoms. The van der Waals surface area contributed by atoms with Crippen LogP contribution >= 0.6 is 11.6 Å². The summed E-state index contributed by atoms with van der Waals surface area (Å²) >= 11 is 5.00. The number of benzene rings is 1. The molecule has 3 nitrogen and oxygen atoms in total. The summed E-state index contributed by atoms with van der Waals surface area (Å²) in [5.41, 5.74) is 2.99. The zero-order valence-electron chi connectivity index (χ0n) is 8.61. The molecule has 0 amide bonds. The van der Waals surface area contributed by atoms with E-state index in [-0.39, 0.29) is 0 Å². The van der Waals surface area contributed by atoms with Gasteiger partial charge in [0.05, 0.1) is 17.5 Å². The maximum atomic E-state index is 12.0. The minimum absolute atomic E-state index is 0.539. The maximum absolute atomic E-state index is 12.0. The van der Waals surface area contributed by atoms with E-state index in [1.807, 2.05) is 19.2 Å². The van der Waals surface area contributed by atoms with Crippen LogP contribution in [0.2, 0.25) is 5.02 Å². The van der Waals surface area contributed by atoms with Crippen LogP contribution in [0.4, 0.5) is 0 Å². The highest BCUT2D eigenvalue weighted by molar-refractivity contribution is 7.90. The van der Waals surface area contributed by atoms with E-state index in [1.165, 1.54) is 0 Å². The van der Waals surface area contributed by atoms with Gasteiger partial charge < -0.3 is 4.55 Å². The Morgan fingerprint density at radius 1 is 1.50 bits per heavy atom. The molecular formula is C11H9ClN2OS. The van der Waals surface area contributed by atoms with Crippen LogP contribution in [0.5, 0.6) is 0 Å². The first-order valence-corrected chi connectivity index (χ1v) is 6.55. The second kappa shape index (κ2) is 3.52. The smallest absolute Gasteiger partial charge is 0.162 e. The minimum atomic E-state index is -0.983. The maximum Gasteiger partial charge on any atom is 0.162 e. The standard InChI is InChI=1S/C11H9ClN2OS/c1-14-11-7(5-13-14)6-16(15)10-3-2-8(12)4-9(10)11/h2-5H,6H2,1H3. The third-order valence-electron chi connectivity index (χ3n) is 2.74. The Morgan fingerprint density at radius 2 is 2.31 bits per heavy atom. The molecule has 0 fully saturated rings. The third-order valence-corrected chi connectivity index (χ3v) is 4.40. The first kappa shape index (κ1) is 10.2. The SMILES string of the molecule is Cn1ncc2c1-c1cc(Cl)ccc1[S+]([O-])C2. The Kier molecular flexibility index (Phi) is 2.24. The number of rotatable bonds is 0. The summed E-state index contributed by atoms with van der Waals surface area (Å²) in [6.07, 6.45) is 1.77. The molecule has 16 heavy (non-hydrogen) atoms. The molecular weight excluding hydrogens is 244 g/mol. The number of hydrogen-bond donors (Lipinski definition) is 0. The molecule has 1 aromatic heterocycles. The van der Waals surface area contributed by atoms with Crippen LogP contribution in [0.25, 0.3) is 11.3 Å². The van der Waals surface area contributed by atoms with E-state index in [0.29, 0.717) is 10.8 Å². The largest absolute Gasteiger partial charge is 0.611 e. The first-order valence-electron chi connectivity index (χ1n) is 4.86. The van der Waals surface area contributed by atoms with Crippen LogP contribution in [-0.4, -0.2) is 14.3 Å². The van der Waals surface area contributed by atoms with Crippen molar-refractivity contribution in [2.75, 3.05) is 0 Å². The number of aromatic nitrogens is 2. The van der Waals surface area contributed by atoms with Crippen molar-refractivity contribution in [3.8, 4) is 11.3 Å². The van der Waals surface area contributed by atoms with E-state index in [9.17, 15) is 4.55 Å². The average Bonchev–Trinajstić information content (AvgIpc) is 2.60. The summed E-state index contributed by atoms with van der Waals surface area (Å²) in [4.78, 5) is 0.848. The van der Waals surface area contributed by atoms with Crippen LogP contribution in [-0.2, 0) is 24.0 Å². The monoisotopic (exact) mass is 252 g/mol.